The Morgan fingerprint density at radius 3 is 2.70 bits per heavy atom. The first-order valence-electron chi connectivity index (χ1n) is 6.78. The van der Waals surface area contributed by atoms with Crippen LogP contribution in [0.5, 0.6) is 0 Å². The van der Waals surface area contributed by atoms with Crippen LogP contribution in [-0.2, 0) is 6.18 Å². The van der Waals surface area contributed by atoms with Crippen LogP contribution in [0, 0.1) is 0 Å². The molecule has 1 atom stereocenters. The van der Waals surface area contributed by atoms with Gasteiger partial charge in [0, 0.05) is 6.42 Å². The van der Waals surface area contributed by atoms with Gasteiger partial charge in [0.1, 0.15) is 0 Å². The molecule has 1 aromatic heterocycles. The minimum atomic E-state index is -4.52. The number of fused-ring (bicyclic) bond motifs is 1. The normalized spacial score (nSPS) is 18.7. The summed E-state index contributed by atoms with van der Waals surface area (Å²) in [5.74, 6) is -0.382. The van der Waals surface area contributed by atoms with E-state index in [1.807, 2.05) is 0 Å². The second kappa shape index (κ2) is 5.45. The zero-order chi connectivity index (χ0) is 16.8. The van der Waals surface area contributed by atoms with E-state index in [1.165, 1.54) is 18.2 Å². The summed E-state index contributed by atoms with van der Waals surface area (Å²) in [7, 11) is 0. The van der Waals surface area contributed by atoms with Gasteiger partial charge in [-0.1, -0.05) is 29.5 Å². The lowest BCUT2D eigenvalue weighted by Gasteiger charge is -2.09. The van der Waals surface area contributed by atoms with E-state index in [0.29, 0.717) is 0 Å². The molecule has 0 bridgehead atoms. The molecule has 0 saturated carbocycles. The Labute approximate surface area is 132 Å². The van der Waals surface area contributed by atoms with E-state index in [2.05, 4.69) is 4.99 Å². The van der Waals surface area contributed by atoms with Crippen LogP contribution in [0.2, 0.25) is 0 Å². The summed E-state index contributed by atoms with van der Waals surface area (Å²) in [5.41, 5.74) is -1.56. The fraction of sp³-hybridized carbons (Fsp3) is 0.267. The van der Waals surface area contributed by atoms with Gasteiger partial charge in [-0.15, -0.1) is 0 Å². The lowest BCUT2D eigenvalue weighted by Crippen LogP contribution is -2.40. The molecular weight excluding hydrogens is 329 g/mol. The number of aromatic nitrogens is 1. The molecule has 0 amide bonds. The molecule has 0 radical (unpaired) electrons. The van der Waals surface area contributed by atoms with Gasteiger partial charge in [-0.2, -0.15) is 13.2 Å². The fourth-order valence-electron chi connectivity index (χ4n) is 2.38. The molecule has 0 N–H and O–H groups in total. The quantitative estimate of drug-likeness (QED) is 0.795. The number of hydrogen-bond donors (Lipinski definition) is 0. The molecule has 0 spiro atoms. The van der Waals surface area contributed by atoms with Crippen LogP contribution in [0.1, 0.15) is 29.3 Å². The zero-order valence-electron chi connectivity index (χ0n) is 11.9. The third-order valence-corrected chi connectivity index (χ3v) is 4.39. The first-order valence-corrected chi connectivity index (χ1v) is 7.60. The van der Waals surface area contributed by atoms with Crippen LogP contribution in [0.3, 0.4) is 0 Å². The molecule has 0 saturated heterocycles. The van der Waals surface area contributed by atoms with Crippen LogP contribution >= 0.6 is 11.3 Å². The predicted molar refractivity (Wildman–Crippen MR) is 79.1 cm³/mol. The number of benzene rings is 1. The van der Waals surface area contributed by atoms with Crippen molar-refractivity contribution in [2.24, 2.45) is 4.99 Å². The molecule has 23 heavy (non-hydrogen) atoms. The summed E-state index contributed by atoms with van der Waals surface area (Å²) in [6.45, 7) is 1.74. The lowest BCUT2D eigenvalue weighted by molar-refractivity contribution is -0.137. The SMILES string of the molecule is CC1CC(=O)n2c(s/c(=C/c3ccccc3C(F)(F)F)c2=O)=N1. The molecular formula is C15H11F3N2O2S. The second-order valence-corrected chi connectivity index (χ2v) is 6.20. The molecule has 0 fully saturated rings. The van der Waals surface area contributed by atoms with Gasteiger partial charge >= 0.3 is 6.18 Å². The van der Waals surface area contributed by atoms with Gasteiger partial charge in [0.25, 0.3) is 5.56 Å². The maximum atomic E-state index is 13.0. The number of halogens is 3. The number of rotatable bonds is 1. The molecule has 120 valence electrons. The van der Waals surface area contributed by atoms with Gasteiger partial charge in [0.15, 0.2) is 4.80 Å². The summed E-state index contributed by atoms with van der Waals surface area (Å²) in [5, 5.41) is 0. The number of carbonyl (C=O) groups is 1. The second-order valence-electron chi connectivity index (χ2n) is 5.19. The summed E-state index contributed by atoms with van der Waals surface area (Å²) < 4.78 is 40.1. The summed E-state index contributed by atoms with van der Waals surface area (Å²) >= 11 is 0.924. The standard InChI is InChI=1S/C15H11F3N2O2S/c1-8-6-12(21)20-13(22)11(23-14(20)19-8)7-9-4-2-3-5-10(9)15(16,17)18/h2-5,7-8H,6H2,1H3/b11-7+. The number of alkyl halides is 3. The van der Waals surface area contributed by atoms with E-state index >= 15 is 0 Å². The maximum Gasteiger partial charge on any atom is 0.416 e. The molecule has 0 aliphatic carbocycles. The Morgan fingerprint density at radius 2 is 2.00 bits per heavy atom. The van der Waals surface area contributed by atoms with Crippen molar-refractivity contribution in [2.75, 3.05) is 0 Å². The highest BCUT2D eigenvalue weighted by atomic mass is 32.1. The van der Waals surface area contributed by atoms with Crippen molar-refractivity contribution < 1.29 is 18.0 Å². The van der Waals surface area contributed by atoms with Gasteiger partial charge in [-0.3, -0.25) is 14.6 Å². The highest BCUT2D eigenvalue weighted by Crippen LogP contribution is 2.32. The van der Waals surface area contributed by atoms with Gasteiger partial charge < -0.3 is 0 Å². The van der Waals surface area contributed by atoms with E-state index < -0.39 is 17.3 Å². The molecule has 1 unspecified atom stereocenters. The Bertz CT molecular complexity index is 956. The number of carbonyl (C=O) groups excluding carboxylic acids is 1. The van der Waals surface area contributed by atoms with E-state index in [-0.39, 0.29) is 33.3 Å². The number of thiazole rings is 1. The molecule has 3 rings (SSSR count). The molecule has 8 heteroatoms. The van der Waals surface area contributed by atoms with Crippen molar-refractivity contribution in [1.82, 2.24) is 4.57 Å². The lowest BCUT2D eigenvalue weighted by atomic mass is 10.1. The zero-order valence-corrected chi connectivity index (χ0v) is 12.7. The Hall–Kier alpha value is -2.22. The van der Waals surface area contributed by atoms with Crippen molar-refractivity contribution in [2.45, 2.75) is 25.6 Å². The minimum absolute atomic E-state index is 0.0582. The number of hydrogen-bond acceptors (Lipinski definition) is 4. The smallest absolute Gasteiger partial charge is 0.274 e. The van der Waals surface area contributed by atoms with Crippen molar-refractivity contribution in [3.05, 3.63) is 55.1 Å². The average molecular weight is 340 g/mol. The van der Waals surface area contributed by atoms with Crippen LogP contribution in [0.15, 0.2) is 34.1 Å². The molecule has 2 aromatic rings. The highest BCUT2D eigenvalue weighted by molar-refractivity contribution is 7.07. The molecule has 1 aliphatic heterocycles. The molecule has 1 aliphatic rings. The van der Waals surface area contributed by atoms with Gasteiger partial charge in [-0.05, 0) is 24.6 Å². The molecule has 2 heterocycles. The molecule has 4 nitrogen and oxygen atoms in total. The van der Waals surface area contributed by atoms with E-state index in [9.17, 15) is 22.8 Å². The van der Waals surface area contributed by atoms with Crippen LogP contribution < -0.4 is 14.9 Å². The highest BCUT2D eigenvalue weighted by Gasteiger charge is 2.32. The Kier molecular flexibility index (Phi) is 3.71. The largest absolute Gasteiger partial charge is 0.416 e. The van der Waals surface area contributed by atoms with Crippen LogP contribution in [0.4, 0.5) is 13.2 Å². The van der Waals surface area contributed by atoms with Crippen molar-refractivity contribution >= 4 is 23.3 Å². The average Bonchev–Trinajstić information content (AvgIpc) is 2.74. The first kappa shape index (κ1) is 15.7. The predicted octanol–water partition coefficient (Wildman–Crippen LogP) is 1.81. The third-order valence-electron chi connectivity index (χ3n) is 3.41. The van der Waals surface area contributed by atoms with E-state index in [1.54, 1.807) is 6.92 Å². The van der Waals surface area contributed by atoms with Crippen molar-refractivity contribution in [3.8, 4) is 0 Å². The van der Waals surface area contributed by atoms with Crippen LogP contribution in [0.25, 0.3) is 6.08 Å². The topological polar surface area (TPSA) is 51.4 Å². The summed E-state index contributed by atoms with van der Waals surface area (Å²) in [6, 6.07) is 4.74. The fourth-order valence-corrected chi connectivity index (χ4v) is 3.45. The first-order chi connectivity index (χ1) is 10.8. The Balaban J connectivity index is 2.25. The van der Waals surface area contributed by atoms with Gasteiger partial charge in [0.2, 0.25) is 5.91 Å². The minimum Gasteiger partial charge on any atom is -0.274 e. The van der Waals surface area contributed by atoms with E-state index in [4.69, 9.17) is 0 Å². The summed E-state index contributed by atoms with van der Waals surface area (Å²) in [6.07, 6.45) is -3.24. The van der Waals surface area contributed by atoms with Crippen LogP contribution in [-0.4, -0.2) is 16.5 Å². The maximum absolute atomic E-state index is 13.0. The monoisotopic (exact) mass is 340 g/mol. The Morgan fingerprint density at radius 1 is 1.30 bits per heavy atom. The van der Waals surface area contributed by atoms with E-state index in [0.717, 1.165) is 28.0 Å². The molecule has 1 aromatic carbocycles. The van der Waals surface area contributed by atoms with Gasteiger partial charge in [0.05, 0.1) is 16.1 Å². The number of nitrogens with zero attached hydrogens (tertiary/aromatic N) is 2. The summed E-state index contributed by atoms with van der Waals surface area (Å²) in [4.78, 5) is 28.6. The third kappa shape index (κ3) is 2.86. The van der Waals surface area contributed by atoms with Crippen molar-refractivity contribution in [3.63, 3.8) is 0 Å². The van der Waals surface area contributed by atoms with Crippen molar-refractivity contribution in [1.29, 1.82) is 0 Å². The van der Waals surface area contributed by atoms with Gasteiger partial charge in [-0.25, -0.2) is 4.57 Å².